The van der Waals surface area contributed by atoms with Crippen LogP contribution in [0.5, 0.6) is 0 Å². The van der Waals surface area contributed by atoms with Crippen LogP contribution in [0.15, 0.2) is 12.2 Å². The zero-order valence-electron chi connectivity index (χ0n) is 16.3. The van der Waals surface area contributed by atoms with Gasteiger partial charge in [0.05, 0.1) is 0 Å². The quantitative estimate of drug-likeness (QED) is 0.138. The third-order valence-electron chi connectivity index (χ3n) is 4.36. The van der Waals surface area contributed by atoms with E-state index in [4.69, 9.17) is 0 Å². The van der Waals surface area contributed by atoms with Gasteiger partial charge in [-0.15, -0.1) is 20.3 Å². The molecule has 0 aromatic heterocycles. The number of halogens is 1. The third-order valence-corrected chi connectivity index (χ3v) is 5.30. The van der Waals surface area contributed by atoms with E-state index in [0.29, 0.717) is 0 Å². The van der Waals surface area contributed by atoms with Gasteiger partial charge in [-0.3, -0.25) is 0 Å². The lowest BCUT2D eigenvalue weighted by molar-refractivity contribution is 0.536. The predicted molar refractivity (Wildman–Crippen MR) is 115 cm³/mol. The lowest BCUT2D eigenvalue weighted by Gasteiger charge is -2.03. The average molecular weight is 363 g/mol. The number of allylic oxidation sites excluding steroid dienone is 2. The van der Waals surface area contributed by atoms with Crippen molar-refractivity contribution in [1.29, 1.82) is 0 Å². The summed E-state index contributed by atoms with van der Waals surface area (Å²) in [5.74, 6) is 0. The van der Waals surface area contributed by atoms with Crippen molar-refractivity contribution in [2.45, 2.75) is 103 Å². The van der Waals surface area contributed by atoms with Gasteiger partial charge in [0.2, 0.25) is 0 Å². The minimum atomic E-state index is 0. The molecule has 23 heavy (non-hydrogen) atoms. The fourth-order valence-electron chi connectivity index (χ4n) is 2.86. The smallest absolute Gasteiger partial charge is 0.0150 e. The van der Waals surface area contributed by atoms with E-state index in [1.807, 2.05) is 0 Å². The first-order valence-corrected chi connectivity index (χ1v) is 12.5. The molecule has 0 aliphatic carbocycles. The van der Waals surface area contributed by atoms with Crippen molar-refractivity contribution in [3.05, 3.63) is 12.2 Å². The van der Waals surface area contributed by atoms with Gasteiger partial charge < -0.3 is 0 Å². The Kier molecular flexibility index (Phi) is 25.1. The van der Waals surface area contributed by atoms with Crippen molar-refractivity contribution >= 4 is 20.3 Å². The first kappa shape index (κ1) is 25.7. The zero-order valence-corrected chi connectivity index (χ0v) is 18.0. The van der Waals surface area contributed by atoms with Crippen molar-refractivity contribution in [3.8, 4) is 0 Å². The van der Waals surface area contributed by atoms with E-state index in [2.05, 4.69) is 32.4 Å². The molecule has 0 atom stereocenters. The molecule has 0 saturated carbocycles. The molecule has 0 aliphatic heterocycles. The molecule has 0 N–H and O–H groups in total. The van der Waals surface area contributed by atoms with Crippen LogP contribution in [0.4, 0.5) is 0 Å². The second-order valence-electron chi connectivity index (χ2n) is 7.12. The fraction of sp³-hybridized carbons (Fsp3) is 0.905. The monoisotopic (exact) mass is 362 g/mol. The molecule has 0 bridgehead atoms. The number of hydrogen-bond acceptors (Lipinski definition) is 0. The van der Waals surface area contributed by atoms with Gasteiger partial charge in [-0.25, -0.2) is 0 Å². The van der Waals surface area contributed by atoms with Gasteiger partial charge in [0.15, 0.2) is 0 Å². The molecule has 0 nitrogen and oxygen atoms in total. The summed E-state index contributed by atoms with van der Waals surface area (Å²) in [5, 5.41) is 0. The second-order valence-corrected chi connectivity index (χ2v) is 9.64. The highest BCUT2D eigenvalue weighted by molar-refractivity contribution is 7.56. The maximum Gasteiger partial charge on any atom is -0.0150 e. The van der Waals surface area contributed by atoms with E-state index in [-0.39, 0.29) is 20.3 Å². The molecule has 2 heteroatoms. The molecule has 0 saturated heterocycles. The Morgan fingerprint density at radius 2 is 0.957 bits per heavy atom. The van der Waals surface area contributed by atoms with Crippen LogP contribution in [0.25, 0.3) is 0 Å². The van der Waals surface area contributed by atoms with Gasteiger partial charge >= 0.3 is 0 Å². The SMILES string of the molecule is CCCCCCCCCCCCCCCCC=CCP(C)C.Cl. The summed E-state index contributed by atoms with van der Waals surface area (Å²) in [4.78, 5) is 0. The van der Waals surface area contributed by atoms with E-state index >= 15 is 0 Å². The summed E-state index contributed by atoms with van der Waals surface area (Å²) in [6, 6.07) is 0. The summed E-state index contributed by atoms with van der Waals surface area (Å²) in [6.07, 6.45) is 27.8. The molecular weight excluding hydrogens is 319 g/mol. The molecule has 0 unspecified atom stereocenters. The largest absolute Gasteiger partial charge is 0.147 e. The van der Waals surface area contributed by atoms with E-state index < -0.39 is 0 Å². The Labute approximate surface area is 155 Å². The Hall–Kier alpha value is 0.460. The van der Waals surface area contributed by atoms with E-state index in [0.717, 1.165) is 0 Å². The van der Waals surface area contributed by atoms with Crippen molar-refractivity contribution in [1.82, 2.24) is 0 Å². The molecule has 0 aromatic rings. The molecule has 0 heterocycles. The fourth-order valence-corrected chi connectivity index (χ4v) is 3.43. The zero-order chi connectivity index (χ0) is 16.3. The van der Waals surface area contributed by atoms with Crippen LogP contribution >= 0.6 is 20.3 Å². The minimum absolute atomic E-state index is 0. The summed E-state index contributed by atoms with van der Waals surface area (Å²) >= 11 is 0. The number of hydrogen-bond donors (Lipinski definition) is 0. The normalized spacial score (nSPS) is 11.3. The Balaban J connectivity index is 0. The summed E-state index contributed by atoms with van der Waals surface area (Å²) in [7, 11) is 0.269. The van der Waals surface area contributed by atoms with Gasteiger partial charge in [0.25, 0.3) is 0 Å². The van der Waals surface area contributed by atoms with Gasteiger partial charge in [-0.2, -0.15) is 0 Å². The molecule has 0 rings (SSSR count). The molecule has 0 spiro atoms. The van der Waals surface area contributed by atoms with Crippen LogP contribution in [0.1, 0.15) is 103 Å². The van der Waals surface area contributed by atoms with E-state index in [1.54, 1.807) is 0 Å². The maximum absolute atomic E-state index is 2.41. The van der Waals surface area contributed by atoms with Gasteiger partial charge in [0, 0.05) is 0 Å². The minimum Gasteiger partial charge on any atom is -0.147 e. The number of rotatable bonds is 17. The van der Waals surface area contributed by atoms with Gasteiger partial charge in [0.1, 0.15) is 0 Å². The molecule has 0 aromatic carbocycles. The maximum atomic E-state index is 2.41. The van der Waals surface area contributed by atoms with Gasteiger partial charge in [-0.05, 0) is 32.3 Å². The van der Waals surface area contributed by atoms with Crippen LogP contribution < -0.4 is 0 Å². The summed E-state index contributed by atoms with van der Waals surface area (Å²) < 4.78 is 0. The van der Waals surface area contributed by atoms with Crippen molar-refractivity contribution in [2.24, 2.45) is 0 Å². The lowest BCUT2D eigenvalue weighted by atomic mass is 10.0. The van der Waals surface area contributed by atoms with Crippen LogP contribution in [-0.2, 0) is 0 Å². The first-order valence-electron chi connectivity index (χ1n) is 10.1. The van der Waals surface area contributed by atoms with Crippen molar-refractivity contribution < 1.29 is 0 Å². The third kappa shape index (κ3) is 24.8. The van der Waals surface area contributed by atoms with Crippen LogP contribution in [0, 0.1) is 0 Å². The highest BCUT2D eigenvalue weighted by Crippen LogP contribution is 2.23. The Morgan fingerprint density at radius 1 is 0.565 bits per heavy atom. The highest BCUT2D eigenvalue weighted by Gasteiger charge is 1.93. The summed E-state index contributed by atoms with van der Waals surface area (Å²) in [5.41, 5.74) is 0. The van der Waals surface area contributed by atoms with E-state index in [9.17, 15) is 0 Å². The van der Waals surface area contributed by atoms with Crippen LogP contribution in [0.2, 0.25) is 0 Å². The van der Waals surface area contributed by atoms with Crippen molar-refractivity contribution in [3.63, 3.8) is 0 Å². The molecular formula is C21H44ClP. The second kappa shape index (κ2) is 22.5. The lowest BCUT2D eigenvalue weighted by Crippen LogP contribution is -1.83. The van der Waals surface area contributed by atoms with Crippen molar-refractivity contribution in [2.75, 3.05) is 19.5 Å². The topological polar surface area (TPSA) is 0 Å². The predicted octanol–water partition coefficient (Wildman–Crippen LogP) is 8.58. The Bertz CT molecular complexity index is 226. The Morgan fingerprint density at radius 3 is 1.35 bits per heavy atom. The van der Waals surface area contributed by atoms with Crippen LogP contribution in [0.3, 0.4) is 0 Å². The molecule has 0 amide bonds. The summed E-state index contributed by atoms with van der Waals surface area (Å²) in [6.45, 7) is 7.00. The standard InChI is InChI=1S/C21H43P.ClH/c1-4-5-6-7-8-9-10-11-12-13-14-15-16-17-18-19-20-21-22(2)3;/h19-20H,4-18,21H2,1-3H3;1H. The first-order chi connectivity index (χ1) is 10.8. The van der Waals surface area contributed by atoms with E-state index in [1.165, 1.54) is 102 Å². The molecule has 0 aliphatic rings. The highest BCUT2D eigenvalue weighted by atomic mass is 35.5. The molecule has 140 valence electrons. The molecule has 0 radical (unpaired) electrons. The van der Waals surface area contributed by atoms with Crippen LogP contribution in [-0.4, -0.2) is 19.5 Å². The number of unbranched alkanes of at least 4 members (excludes halogenated alkanes) is 14. The van der Waals surface area contributed by atoms with Gasteiger partial charge in [-0.1, -0.05) is 103 Å². The average Bonchev–Trinajstić information content (AvgIpc) is 2.50. The molecule has 0 fully saturated rings.